The molecule has 12 heteroatoms. The zero-order valence-electron chi connectivity index (χ0n) is 28.0. The largest absolute Gasteiger partial charge is 0.573 e. The number of carbonyl (C=O) groups is 2. The molecule has 49 heavy (non-hydrogen) atoms. The molecule has 2 bridgehead atoms. The summed E-state index contributed by atoms with van der Waals surface area (Å²) < 4.78 is 44.3. The average molecular weight is 675 g/mol. The molecule has 1 aromatic heterocycles. The number of carbonyl (C=O) groups excluding carboxylic acids is 2. The summed E-state index contributed by atoms with van der Waals surface area (Å²) in [5, 5.41) is 10.7. The van der Waals surface area contributed by atoms with Gasteiger partial charge in [-0.3, -0.25) is 10.1 Å². The van der Waals surface area contributed by atoms with Gasteiger partial charge in [0.15, 0.2) is 5.75 Å². The molecule has 3 heterocycles. The number of aromatic nitrogens is 2. The van der Waals surface area contributed by atoms with Crippen LogP contribution >= 0.6 is 0 Å². The first-order valence-corrected chi connectivity index (χ1v) is 16.5. The van der Waals surface area contributed by atoms with Crippen molar-refractivity contribution >= 4 is 29.1 Å². The molecule has 2 unspecified atom stereocenters. The zero-order valence-corrected chi connectivity index (χ0v) is 28.0. The van der Waals surface area contributed by atoms with Crippen molar-refractivity contribution < 1.29 is 27.5 Å². The second kappa shape index (κ2) is 13.1. The molecule has 9 nitrogen and oxygen atoms in total. The van der Waals surface area contributed by atoms with Crippen molar-refractivity contribution in [3.63, 3.8) is 0 Å². The van der Waals surface area contributed by atoms with E-state index in [1.807, 2.05) is 66.4 Å². The number of aryl methyl sites for hydroxylation is 1. The summed E-state index contributed by atoms with van der Waals surface area (Å²) in [5.41, 5.74) is 10.0. The van der Waals surface area contributed by atoms with Crippen molar-refractivity contribution in [2.45, 2.75) is 83.7 Å². The lowest BCUT2D eigenvalue weighted by molar-refractivity contribution is -0.274. The van der Waals surface area contributed by atoms with E-state index < -0.39 is 12.1 Å². The van der Waals surface area contributed by atoms with E-state index in [-0.39, 0.29) is 40.7 Å². The second-order valence-electron chi connectivity index (χ2n) is 14.1. The van der Waals surface area contributed by atoms with Crippen LogP contribution in [0.15, 0.2) is 72.8 Å². The Morgan fingerprint density at radius 2 is 1.57 bits per heavy atom. The Bertz CT molecular complexity index is 1820. The van der Waals surface area contributed by atoms with Crippen LogP contribution in [0.1, 0.15) is 73.6 Å². The van der Waals surface area contributed by atoms with Gasteiger partial charge in [0, 0.05) is 34.8 Å². The standard InChI is InChI=1S/C37H41F3N6O3/c1-22-5-12-27(13-6-22)46-33(21-32(44-46)36(2,3)4)43-35(48)42-26-10-7-23(8-11-26)17-24-18-28-14-15-29(19-24)45(28)34(47)25-9-16-30(41)31(20-25)49-37(38,39)40/h5-13,16,20-21,24,28-29H,14-15,17-19,41H2,1-4H3,(H2,42,43,48). The maximum absolute atomic E-state index is 13.4. The van der Waals surface area contributed by atoms with E-state index in [0.29, 0.717) is 17.4 Å². The number of nitrogens with two attached hydrogens (primary N) is 1. The van der Waals surface area contributed by atoms with Crippen molar-refractivity contribution in [3.05, 3.63) is 95.2 Å². The van der Waals surface area contributed by atoms with E-state index in [0.717, 1.165) is 60.7 Å². The van der Waals surface area contributed by atoms with Gasteiger partial charge in [-0.25, -0.2) is 9.48 Å². The number of fused-ring (bicyclic) bond motifs is 2. The summed E-state index contributed by atoms with van der Waals surface area (Å²) in [6, 6.07) is 21.0. The molecule has 0 aliphatic carbocycles. The third kappa shape index (κ3) is 7.84. The number of nitrogens with zero attached hydrogens (tertiary/aromatic N) is 3. The van der Waals surface area contributed by atoms with Gasteiger partial charge in [0.1, 0.15) is 5.82 Å². The summed E-state index contributed by atoms with van der Waals surface area (Å²) in [5.74, 6) is 0.0369. The van der Waals surface area contributed by atoms with E-state index >= 15 is 0 Å². The highest BCUT2D eigenvalue weighted by molar-refractivity contribution is 5.99. The number of nitrogen functional groups attached to an aromatic ring is 1. The number of benzene rings is 3. The SMILES string of the molecule is Cc1ccc(-n2nc(C(C)(C)C)cc2NC(=O)Nc2ccc(CC3CC4CCC(C3)N4C(=O)c3ccc(N)c(OC(F)(F)F)c3)cc2)cc1. The van der Waals surface area contributed by atoms with Gasteiger partial charge < -0.3 is 20.7 Å². The quantitative estimate of drug-likeness (QED) is 0.171. The van der Waals surface area contributed by atoms with Crippen LogP contribution in [0.4, 0.5) is 35.2 Å². The smallest absolute Gasteiger partial charge is 0.404 e. The highest BCUT2D eigenvalue weighted by Gasteiger charge is 2.43. The molecule has 0 saturated carbocycles. The Kier molecular flexibility index (Phi) is 9.08. The molecule has 0 spiro atoms. The summed E-state index contributed by atoms with van der Waals surface area (Å²) >= 11 is 0. The number of hydrogen-bond acceptors (Lipinski definition) is 5. The van der Waals surface area contributed by atoms with Gasteiger partial charge in [-0.15, -0.1) is 13.2 Å². The zero-order chi connectivity index (χ0) is 35.1. The number of alkyl halides is 3. The van der Waals surface area contributed by atoms with Crippen LogP contribution in [0.2, 0.25) is 0 Å². The first-order chi connectivity index (χ1) is 23.1. The molecule has 3 aromatic carbocycles. The fourth-order valence-corrected chi connectivity index (χ4v) is 6.87. The first kappa shape index (κ1) is 33.9. The summed E-state index contributed by atoms with van der Waals surface area (Å²) in [6.07, 6.45) is -0.777. The predicted molar refractivity (Wildman–Crippen MR) is 183 cm³/mol. The van der Waals surface area contributed by atoms with Crippen LogP contribution in [0.5, 0.6) is 5.75 Å². The van der Waals surface area contributed by atoms with Crippen LogP contribution in [-0.4, -0.2) is 45.1 Å². The molecule has 0 radical (unpaired) electrons. The molecule has 4 aromatic rings. The van der Waals surface area contributed by atoms with Crippen LogP contribution in [0, 0.1) is 12.8 Å². The van der Waals surface area contributed by atoms with Crippen LogP contribution in [0.3, 0.4) is 0 Å². The Morgan fingerprint density at radius 1 is 0.918 bits per heavy atom. The second-order valence-corrected chi connectivity index (χ2v) is 14.1. The third-order valence-corrected chi connectivity index (χ3v) is 9.29. The topological polar surface area (TPSA) is 115 Å². The van der Waals surface area contributed by atoms with Crippen LogP contribution in [-0.2, 0) is 11.8 Å². The van der Waals surface area contributed by atoms with Crippen molar-refractivity contribution in [2.75, 3.05) is 16.4 Å². The summed E-state index contributed by atoms with van der Waals surface area (Å²) in [6.45, 7) is 8.24. The molecule has 6 rings (SSSR count). The molecule has 2 aliphatic rings. The normalized spacial score (nSPS) is 19.1. The monoisotopic (exact) mass is 674 g/mol. The van der Waals surface area contributed by atoms with Crippen molar-refractivity contribution in [2.24, 2.45) is 5.92 Å². The number of amides is 3. The lowest BCUT2D eigenvalue weighted by Crippen LogP contribution is -2.46. The number of rotatable bonds is 7. The predicted octanol–water partition coefficient (Wildman–Crippen LogP) is 8.23. The number of urea groups is 1. The van der Waals surface area contributed by atoms with E-state index in [4.69, 9.17) is 10.8 Å². The molecular formula is C37H41F3N6O3. The Morgan fingerprint density at radius 3 is 2.18 bits per heavy atom. The fraction of sp³-hybridized carbons (Fsp3) is 0.378. The van der Waals surface area contributed by atoms with Gasteiger partial charge in [0.05, 0.1) is 17.1 Å². The maximum Gasteiger partial charge on any atom is 0.573 e. The first-order valence-electron chi connectivity index (χ1n) is 16.5. The molecular weight excluding hydrogens is 633 g/mol. The minimum absolute atomic E-state index is 0.0116. The lowest BCUT2D eigenvalue weighted by Gasteiger charge is -2.39. The third-order valence-electron chi connectivity index (χ3n) is 9.29. The lowest BCUT2D eigenvalue weighted by atomic mass is 9.85. The van der Waals surface area contributed by atoms with Gasteiger partial charge >= 0.3 is 12.4 Å². The van der Waals surface area contributed by atoms with E-state index in [2.05, 4.69) is 36.1 Å². The summed E-state index contributed by atoms with van der Waals surface area (Å²) in [4.78, 5) is 28.4. The highest BCUT2D eigenvalue weighted by atomic mass is 19.4. The van der Waals surface area contributed by atoms with E-state index in [9.17, 15) is 22.8 Å². The minimum atomic E-state index is -4.91. The molecule has 4 N–H and O–H groups in total. The van der Waals surface area contributed by atoms with Gasteiger partial charge in [0.2, 0.25) is 0 Å². The average Bonchev–Trinajstić information content (AvgIpc) is 3.57. The van der Waals surface area contributed by atoms with Gasteiger partial charge in [-0.1, -0.05) is 50.6 Å². The number of hydrogen-bond donors (Lipinski definition) is 3. The molecule has 2 aliphatic heterocycles. The maximum atomic E-state index is 13.4. The molecule has 3 amide bonds. The molecule has 2 fully saturated rings. The summed E-state index contributed by atoms with van der Waals surface area (Å²) in [7, 11) is 0. The number of piperidine rings is 1. The van der Waals surface area contributed by atoms with Gasteiger partial charge in [-0.2, -0.15) is 5.10 Å². The molecule has 2 saturated heterocycles. The van der Waals surface area contributed by atoms with Gasteiger partial charge in [0.25, 0.3) is 5.91 Å². The van der Waals surface area contributed by atoms with Gasteiger partial charge in [-0.05, 0) is 93.0 Å². The molecule has 2 atom stereocenters. The number of ether oxygens (including phenoxy) is 1. The van der Waals surface area contributed by atoms with Crippen LogP contribution in [0.25, 0.3) is 5.69 Å². The Labute approximate surface area is 283 Å². The number of anilines is 3. The Hall–Kier alpha value is -5.00. The number of halogens is 3. The van der Waals surface area contributed by atoms with Crippen molar-refractivity contribution in [3.8, 4) is 11.4 Å². The fourth-order valence-electron chi connectivity index (χ4n) is 6.87. The minimum Gasteiger partial charge on any atom is -0.404 e. The van der Waals surface area contributed by atoms with Crippen LogP contribution < -0.4 is 21.1 Å². The number of nitrogens with one attached hydrogen (secondary N) is 2. The highest BCUT2D eigenvalue weighted by Crippen LogP contribution is 2.41. The van der Waals surface area contributed by atoms with E-state index in [1.54, 1.807) is 4.68 Å². The Balaban J connectivity index is 1.06. The van der Waals surface area contributed by atoms with Crippen molar-refractivity contribution in [1.82, 2.24) is 14.7 Å². The van der Waals surface area contributed by atoms with E-state index in [1.165, 1.54) is 12.1 Å². The van der Waals surface area contributed by atoms with Crippen molar-refractivity contribution in [1.29, 1.82) is 0 Å². The molecule has 258 valence electrons.